The van der Waals surface area contributed by atoms with Gasteiger partial charge in [-0.3, -0.25) is 0 Å². The average Bonchev–Trinajstić information content (AvgIpc) is 3.11. The maximum absolute atomic E-state index is 11.3. The van der Waals surface area contributed by atoms with Crippen LogP contribution in [0.3, 0.4) is 0 Å². The Bertz CT molecular complexity index is 1070. The number of aromatic amines is 1. The predicted molar refractivity (Wildman–Crippen MR) is 113 cm³/mol. The Hall–Kier alpha value is -3.53. The van der Waals surface area contributed by atoms with E-state index in [2.05, 4.69) is 40.6 Å². The predicted octanol–water partition coefficient (Wildman–Crippen LogP) is 5.26. The Kier molecular flexibility index (Phi) is 5.11. The van der Waals surface area contributed by atoms with Gasteiger partial charge in [-0.05, 0) is 47.2 Å². The monoisotopic (exact) mass is 370 g/mol. The van der Waals surface area contributed by atoms with Crippen LogP contribution in [0.2, 0.25) is 0 Å². The normalized spacial score (nSPS) is 12.0. The highest BCUT2D eigenvalue weighted by molar-refractivity contribution is 5.88. The van der Waals surface area contributed by atoms with Gasteiger partial charge in [-0.2, -0.15) is 0 Å². The van der Waals surface area contributed by atoms with Crippen LogP contribution in [0.4, 0.5) is 4.79 Å². The molecule has 0 bridgehead atoms. The second kappa shape index (κ2) is 8.01. The fraction of sp³-hybridized carbons (Fsp3) is 0.125. The summed E-state index contributed by atoms with van der Waals surface area (Å²) in [5.41, 5.74) is 5.61. The fourth-order valence-electron chi connectivity index (χ4n) is 3.67. The van der Waals surface area contributed by atoms with Crippen molar-refractivity contribution in [2.45, 2.75) is 18.9 Å². The zero-order chi connectivity index (χ0) is 19.3. The summed E-state index contributed by atoms with van der Waals surface area (Å²) in [5, 5.41) is 13.1. The number of H-pyrrole nitrogens is 1. The molecule has 0 aliphatic rings. The molecule has 1 heterocycles. The van der Waals surface area contributed by atoms with Crippen LogP contribution in [0.5, 0.6) is 0 Å². The Balaban J connectivity index is 1.63. The number of nitrogens with one attached hydrogen (secondary N) is 2. The summed E-state index contributed by atoms with van der Waals surface area (Å²) in [6, 6.07) is 26.4. The molecule has 0 saturated heterocycles. The first-order valence-corrected chi connectivity index (χ1v) is 9.38. The molecule has 28 heavy (non-hydrogen) atoms. The molecule has 0 saturated carbocycles. The van der Waals surface area contributed by atoms with Crippen LogP contribution in [0.15, 0.2) is 85.1 Å². The van der Waals surface area contributed by atoms with Crippen LogP contribution in [-0.2, 0) is 12.8 Å². The molecule has 140 valence electrons. The van der Waals surface area contributed by atoms with Crippen molar-refractivity contribution in [2.75, 3.05) is 0 Å². The zero-order valence-electron chi connectivity index (χ0n) is 15.4. The third-order valence-electron chi connectivity index (χ3n) is 4.99. The van der Waals surface area contributed by atoms with Gasteiger partial charge in [-0.25, -0.2) is 4.79 Å². The van der Waals surface area contributed by atoms with Crippen molar-refractivity contribution >= 4 is 17.0 Å². The Morgan fingerprint density at radius 1 is 0.893 bits per heavy atom. The van der Waals surface area contributed by atoms with Crippen LogP contribution in [0.1, 0.15) is 11.1 Å². The summed E-state index contributed by atoms with van der Waals surface area (Å²) in [6.07, 6.45) is 2.27. The van der Waals surface area contributed by atoms with Gasteiger partial charge in [0.15, 0.2) is 0 Å². The molecule has 0 aliphatic heterocycles. The van der Waals surface area contributed by atoms with Crippen molar-refractivity contribution in [3.8, 4) is 11.1 Å². The maximum atomic E-state index is 11.3. The van der Waals surface area contributed by atoms with Gasteiger partial charge >= 0.3 is 6.09 Å². The highest BCUT2D eigenvalue weighted by Crippen LogP contribution is 2.27. The minimum absolute atomic E-state index is 0.195. The molecule has 1 aromatic heterocycles. The van der Waals surface area contributed by atoms with Gasteiger partial charge in [0.2, 0.25) is 0 Å². The largest absolute Gasteiger partial charge is 0.465 e. The lowest BCUT2D eigenvalue weighted by Gasteiger charge is -2.17. The van der Waals surface area contributed by atoms with Crippen molar-refractivity contribution in [1.29, 1.82) is 0 Å². The molecule has 4 rings (SSSR count). The molecule has 0 unspecified atom stereocenters. The van der Waals surface area contributed by atoms with Gasteiger partial charge in [0.25, 0.3) is 0 Å². The van der Waals surface area contributed by atoms with Gasteiger partial charge in [-0.15, -0.1) is 0 Å². The van der Waals surface area contributed by atoms with E-state index in [1.165, 1.54) is 5.56 Å². The van der Waals surface area contributed by atoms with E-state index in [1.807, 2.05) is 54.7 Å². The van der Waals surface area contributed by atoms with Crippen LogP contribution in [0, 0.1) is 0 Å². The van der Waals surface area contributed by atoms with Crippen molar-refractivity contribution < 1.29 is 9.90 Å². The number of benzene rings is 3. The molecular formula is C24H22N2O2. The third-order valence-corrected chi connectivity index (χ3v) is 4.99. The maximum Gasteiger partial charge on any atom is 0.404 e. The zero-order valence-corrected chi connectivity index (χ0v) is 15.4. The van der Waals surface area contributed by atoms with E-state index in [-0.39, 0.29) is 6.04 Å². The average molecular weight is 370 g/mol. The van der Waals surface area contributed by atoms with Crippen molar-refractivity contribution in [3.63, 3.8) is 0 Å². The summed E-state index contributed by atoms with van der Waals surface area (Å²) < 4.78 is 0. The lowest BCUT2D eigenvalue weighted by Crippen LogP contribution is -2.37. The highest BCUT2D eigenvalue weighted by atomic mass is 16.4. The minimum Gasteiger partial charge on any atom is -0.465 e. The molecular weight excluding hydrogens is 348 g/mol. The molecule has 1 amide bonds. The first-order valence-electron chi connectivity index (χ1n) is 9.38. The third kappa shape index (κ3) is 4.07. The number of hydrogen-bond donors (Lipinski definition) is 3. The quantitative estimate of drug-likeness (QED) is 0.434. The van der Waals surface area contributed by atoms with E-state index in [0.29, 0.717) is 12.8 Å². The lowest BCUT2D eigenvalue weighted by atomic mass is 9.97. The van der Waals surface area contributed by atoms with Crippen molar-refractivity contribution in [3.05, 3.63) is 96.2 Å². The summed E-state index contributed by atoms with van der Waals surface area (Å²) in [5.74, 6) is 0. The summed E-state index contributed by atoms with van der Waals surface area (Å²) in [7, 11) is 0. The first kappa shape index (κ1) is 17.9. The number of fused-ring (bicyclic) bond motifs is 1. The molecule has 4 heteroatoms. The molecule has 0 fully saturated rings. The summed E-state index contributed by atoms with van der Waals surface area (Å²) in [6.45, 7) is 0. The minimum atomic E-state index is -0.995. The molecule has 0 radical (unpaired) electrons. The van der Waals surface area contributed by atoms with E-state index in [9.17, 15) is 9.90 Å². The number of amides is 1. The molecule has 0 spiro atoms. The molecule has 1 atom stereocenters. The second-order valence-corrected chi connectivity index (χ2v) is 6.98. The van der Waals surface area contributed by atoms with Gasteiger partial charge in [0.05, 0.1) is 0 Å². The first-order chi connectivity index (χ1) is 13.7. The van der Waals surface area contributed by atoms with E-state index >= 15 is 0 Å². The van der Waals surface area contributed by atoms with Gasteiger partial charge in [0, 0.05) is 23.1 Å². The van der Waals surface area contributed by atoms with E-state index in [1.54, 1.807) is 0 Å². The Morgan fingerprint density at radius 3 is 2.32 bits per heavy atom. The smallest absolute Gasteiger partial charge is 0.404 e. The van der Waals surface area contributed by atoms with Crippen molar-refractivity contribution in [1.82, 2.24) is 10.3 Å². The highest BCUT2D eigenvalue weighted by Gasteiger charge is 2.16. The van der Waals surface area contributed by atoms with Crippen LogP contribution < -0.4 is 5.32 Å². The summed E-state index contributed by atoms with van der Waals surface area (Å²) >= 11 is 0. The molecule has 4 aromatic rings. The SMILES string of the molecule is O=C(O)N[C@H](Cc1ccccc1)Cc1c[nH]c2ccc(-c3ccccc3)cc12. The Labute approximate surface area is 163 Å². The molecule has 0 aliphatic carbocycles. The topological polar surface area (TPSA) is 65.1 Å². The fourth-order valence-corrected chi connectivity index (χ4v) is 3.67. The number of rotatable bonds is 6. The summed E-state index contributed by atoms with van der Waals surface area (Å²) in [4.78, 5) is 14.6. The van der Waals surface area contributed by atoms with E-state index < -0.39 is 6.09 Å². The molecule has 3 N–H and O–H groups in total. The molecule has 4 nitrogen and oxygen atoms in total. The van der Waals surface area contributed by atoms with Crippen LogP contribution >= 0.6 is 0 Å². The van der Waals surface area contributed by atoms with Gasteiger partial charge in [-0.1, -0.05) is 66.7 Å². The van der Waals surface area contributed by atoms with E-state index in [0.717, 1.165) is 27.6 Å². The van der Waals surface area contributed by atoms with Crippen molar-refractivity contribution in [2.24, 2.45) is 0 Å². The number of hydrogen-bond acceptors (Lipinski definition) is 1. The standard InChI is InChI=1S/C24H22N2O2/c27-24(28)26-21(13-17-7-3-1-4-8-17)14-20-16-25-23-12-11-19(15-22(20)23)18-9-5-2-6-10-18/h1-12,15-16,21,25-26H,13-14H2,(H,27,28)/t21-/m1/s1. The van der Waals surface area contributed by atoms with Crippen LogP contribution in [-0.4, -0.2) is 22.2 Å². The number of carboxylic acid groups (broad SMARTS) is 1. The van der Waals surface area contributed by atoms with E-state index in [4.69, 9.17) is 0 Å². The number of carbonyl (C=O) groups is 1. The Morgan fingerprint density at radius 2 is 1.61 bits per heavy atom. The second-order valence-electron chi connectivity index (χ2n) is 6.98. The van der Waals surface area contributed by atoms with Gasteiger partial charge in [0.1, 0.15) is 0 Å². The molecule has 3 aromatic carbocycles. The van der Waals surface area contributed by atoms with Gasteiger partial charge < -0.3 is 15.4 Å². The number of aromatic nitrogens is 1. The van der Waals surface area contributed by atoms with Crippen LogP contribution in [0.25, 0.3) is 22.0 Å². The lowest BCUT2D eigenvalue weighted by molar-refractivity contribution is 0.189.